The van der Waals surface area contributed by atoms with Crippen molar-refractivity contribution >= 4 is 23.1 Å². The van der Waals surface area contributed by atoms with Crippen molar-refractivity contribution in [2.45, 2.75) is 32.1 Å². The van der Waals surface area contributed by atoms with Gasteiger partial charge in [0.1, 0.15) is 5.82 Å². The maximum atomic E-state index is 5.48. The molecule has 28 heavy (non-hydrogen) atoms. The second kappa shape index (κ2) is 9.55. The molecule has 1 saturated heterocycles. The summed E-state index contributed by atoms with van der Waals surface area (Å²) in [5.74, 6) is 1.47. The number of benzene rings is 1. The highest BCUT2D eigenvalue weighted by Crippen LogP contribution is 2.28. The Hall–Kier alpha value is -2.60. The number of hydrogen-bond donors (Lipinski definition) is 2. The largest absolute Gasteiger partial charge is 0.378 e. The number of hydrogen-bond acceptors (Lipinski definition) is 6. The summed E-state index contributed by atoms with van der Waals surface area (Å²) in [6.07, 6.45) is 10.4. The fourth-order valence-corrected chi connectivity index (χ4v) is 3.78. The minimum Gasteiger partial charge on any atom is -0.378 e. The molecule has 0 radical (unpaired) electrons. The van der Waals surface area contributed by atoms with Crippen molar-refractivity contribution in [2.75, 3.05) is 48.4 Å². The van der Waals surface area contributed by atoms with Crippen LogP contribution in [-0.4, -0.2) is 42.8 Å². The SMILES string of the molecule is C1=C(CCNc2ccnc(Nc3ccccc3N3CCOCC3)n2)CCCC1. The number of morpholine rings is 1. The fraction of sp³-hybridized carbons (Fsp3) is 0.455. The lowest BCUT2D eigenvalue weighted by Gasteiger charge is -2.30. The first-order valence-corrected chi connectivity index (χ1v) is 10.3. The van der Waals surface area contributed by atoms with E-state index in [2.05, 4.69) is 49.8 Å². The van der Waals surface area contributed by atoms with Gasteiger partial charge in [-0.05, 0) is 50.3 Å². The summed E-state index contributed by atoms with van der Waals surface area (Å²) in [6, 6.07) is 10.2. The number of para-hydroxylation sites is 2. The zero-order valence-corrected chi connectivity index (χ0v) is 16.4. The average Bonchev–Trinajstić information content (AvgIpc) is 2.76. The second-order valence-corrected chi connectivity index (χ2v) is 7.29. The number of allylic oxidation sites excluding steroid dienone is 1. The molecule has 6 nitrogen and oxygen atoms in total. The molecule has 1 aromatic heterocycles. The molecule has 1 fully saturated rings. The highest BCUT2D eigenvalue weighted by molar-refractivity contribution is 5.73. The van der Waals surface area contributed by atoms with Gasteiger partial charge in [0.15, 0.2) is 0 Å². The quantitative estimate of drug-likeness (QED) is 0.697. The molecule has 6 heteroatoms. The molecule has 4 rings (SSSR count). The van der Waals surface area contributed by atoms with Gasteiger partial charge in [-0.25, -0.2) is 4.98 Å². The highest BCUT2D eigenvalue weighted by atomic mass is 16.5. The fourth-order valence-electron chi connectivity index (χ4n) is 3.78. The molecule has 0 amide bonds. The Kier molecular flexibility index (Phi) is 6.40. The van der Waals surface area contributed by atoms with E-state index in [0.717, 1.165) is 56.5 Å². The molecule has 1 aromatic carbocycles. The number of nitrogens with one attached hydrogen (secondary N) is 2. The van der Waals surface area contributed by atoms with Crippen LogP contribution in [0.2, 0.25) is 0 Å². The van der Waals surface area contributed by atoms with Crippen LogP contribution in [0.1, 0.15) is 32.1 Å². The van der Waals surface area contributed by atoms with Crippen LogP contribution >= 0.6 is 0 Å². The van der Waals surface area contributed by atoms with Gasteiger partial charge in [0.05, 0.1) is 24.6 Å². The van der Waals surface area contributed by atoms with Gasteiger partial charge in [-0.1, -0.05) is 23.8 Å². The molecule has 0 saturated carbocycles. The zero-order valence-electron chi connectivity index (χ0n) is 16.4. The van der Waals surface area contributed by atoms with E-state index in [-0.39, 0.29) is 0 Å². The monoisotopic (exact) mass is 379 g/mol. The molecule has 2 heterocycles. The molecule has 0 unspecified atom stereocenters. The first-order chi connectivity index (χ1) is 13.9. The van der Waals surface area contributed by atoms with E-state index in [1.807, 2.05) is 12.1 Å². The molecule has 0 bridgehead atoms. The minimum absolute atomic E-state index is 0.614. The first kappa shape index (κ1) is 18.7. The summed E-state index contributed by atoms with van der Waals surface area (Å²) in [7, 11) is 0. The lowest BCUT2D eigenvalue weighted by Crippen LogP contribution is -2.36. The van der Waals surface area contributed by atoms with Gasteiger partial charge in [-0.2, -0.15) is 4.98 Å². The average molecular weight is 380 g/mol. The summed E-state index contributed by atoms with van der Waals surface area (Å²) in [5.41, 5.74) is 3.76. The Labute approximate surface area is 167 Å². The van der Waals surface area contributed by atoms with Crippen LogP contribution < -0.4 is 15.5 Å². The molecule has 2 N–H and O–H groups in total. The molecule has 0 atom stereocenters. The molecule has 2 aromatic rings. The van der Waals surface area contributed by atoms with Crippen LogP contribution in [0.15, 0.2) is 48.2 Å². The van der Waals surface area contributed by atoms with Gasteiger partial charge in [0, 0.05) is 25.8 Å². The number of anilines is 4. The summed E-state index contributed by atoms with van der Waals surface area (Å²) in [6.45, 7) is 4.24. The second-order valence-electron chi connectivity index (χ2n) is 7.29. The van der Waals surface area contributed by atoms with Crippen LogP contribution in [0, 0.1) is 0 Å². The van der Waals surface area contributed by atoms with Gasteiger partial charge in [-0.3, -0.25) is 0 Å². The molecular formula is C22H29N5O. The van der Waals surface area contributed by atoms with E-state index in [1.54, 1.807) is 11.8 Å². The Balaban J connectivity index is 1.39. The van der Waals surface area contributed by atoms with E-state index in [0.29, 0.717) is 5.95 Å². The summed E-state index contributed by atoms with van der Waals surface area (Å²) < 4.78 is 5.48. The Morgan fingerprint density at radius 3 is 2.82 bits per heavy atom. The highest BCUT2D eigenvalue weighted by Gasteiger charge is 2.15. The standard InChI is InChI=1S/C22H29N5O/c1-2-6-18(7-3-1)10-12-23-21-11-13-24-22(26-21)25-19-8-4-5-9-20(19)27-14-16-28-17-15-27/h4-6,8-9,11,13H,1-3,7,10,12,14-17H2,(H2,23,24,25,26). The van der Waals surface area contributed by atoms with Gasteiger partial charge in [0.2, 0.25) is 5.95 Å². The first-order valence-electron chi connectivity index (χ1n) is 10.3. The van der Waals surface area contributed by atoms with E-state index in [9.17, 15) is 0 Å². The van der Waals surface area contributed by atoms with E-state index in [1.165, 1.54) is 25.7 Å². The van der Waals surface area contributed by atoms with Crippen LogP contribution in [0.3, 0.4) is 0 Å². The maximum Gasteiger partial charge on any atom is 0.229 e. The third-order valence-electron chi connectivity index (χ3n) is 5.30. The summed E-state index contributed by atoms with van der Waals surface area (Å²) >= 11 is 0. The number of aromatic nitrogens is 2. The minimum atomic E-state index is 0.614. The molecule has 2 aliphatic rings. The van der Waals surface area contributed by atoms with E-state index < -0.39 is 0 Å². The molecular weight excluding hydrogens is 350 g/mol. The Morgan fingerprint density at radius 1 is 1.07 bits per heavy atom. The van der Waals surface area contributed by atoms with Gasteiger partial charge < -0.3 is 20.3 Å². The Morgan fingerprint density at radius 2 is 1.96 bits per heavy atom. The summed E-state index contributed by atoms with van der Waals surface area (Å²) in [4.78, 5) is 11.4. The van der Waals surface area contributed by atoms with Crippen molar-refractivity contribution in [1.29, 1.82) is 0 Å². The van der Waals surface area contributed by atoms with Crippen LogP contribution in [0.25, 0.3) is 0 Å². The predicted molar refractivity (Wildman–Crippen MR) is 114 cm³/mol. The van der Waals surface area contributed by atoms with Crippen molar-refractivity contribution in [2.24, 2.45) is 0 Å². The van der Waals surface area contributed by atoms with Crippen LogP contribution in [0.5, 0.6) is 0 Å². The van der Waals surface area contributed by atoms with Crippen molar-refractivity contribution in [1.82, 2.24) is 9.97 Å². The number of rotatable bonds is 7. The van der Waals surface area contributed by atoms with Gasteiger partial charge in [0.25, 0.3) is 0 Å². The molecule has 148 valence electrons. The van der Waals surface area contributed by atoms with Gasteiger partial charge in [-0.15, -0.1) is 0 Å². The van der Waals surface area contributed by atoms with E-state index >= 15 is 0 Å². The zero-order chi connectivity index (χ0) is 19.0. The van der Waals surface area contributed by atoms with E-state index in [4.69, 9.17) is 4.74 Å². The van der Waals surface area contributed by atoms with Crippen LogP contribution in [-0.2, 0) is 4.74 Å². The Bertz CT molecular complexity index is 801. The van der Waals surface area contributed by atoms with Gasteiger partial charge >= 0.3 is 0 Å². The molecule has 1 aliphatic heterocycles. The normalized spacial score (nSPS) is 17.1. The molecule has 1 aliphatic carbocycles. The van der Waals surface area contributed by atoms with Crippen molar-refractivity contribution in [3.05, 3.63) is 48.2 Å². The van der Waals surface area contributed by atoms with Crippen LogP contribution in [0.4, 0.5) is 23.1 Å². The number of nitrogens with zero attached hydrogens (tertiary/aromatic N) is 3. The third kappa shape index (κ3) is 5.01. The smallest absolute Gasteiger partial charge is 0.229 e. The predicted octanol–water partition coefficient (Wildman–Crippen LogP) is 4.36. The third-order valence-corrected chi connectivity index (χ3v) is 5.30. The summed E-state index contributed by atoms with van der Waals surface area (Å²) in [5, 5.41) is 6.83. The lowest BCUT2D eigenvalue weighted by molar-refractivity contribution is 0.123. The number of ether oxygens (including phenoxy) is 1. The topological polar surface area (TPSA) is 62.3 Å². The van der Waals surface area contributed by atoms with Crippen molar-refractivity contribution < 1.29 is 4.74 Å². The van der Waals surface area contributed by atoms with Crippen molar-refractivity contribution in [3.63, 3.8) is 0 Å². The lowest BCUT2D eigenvalue weighted by atomic mass is 9.97. The van der Waals surface area contributed by atoms with Crippen molar-refractivity contribution in [3.8, 4) is 0 Å². The molecule has 0 spiro atoms. The maximum absolute atomic E-state index is 5.48.